The molecule has 2 aromatic rings. The number of anilines is 1. The van der Waals surface area contributed by atoms with Crippen molar-refractivity contribution < 1.29 is 23.1 Å². The van der Waals surface area contributed by atoms with Crippen molar-refractivity contribution in [3.05, 3.63) is 53.1 Å². The van der Waals surface area contributed by atoms with Crippen LogP contribution in [0.4, 0.5) is 5.69 Å². The molecule has 0 amide bonds. The molecule has 116 valence electrons. The number of hydrogen-bond acceptors (Lipinski definition) is 5. The zero-order chi connectivity index (χ0) is 16.3. The number of halogens is 1. The number of hydrogen-bond donors (Lipinski definition) is 1. The Labute approximate surface area is 132 Å². The molecule has 0 saturated heterocycles. The van der Waals surface area contributed by atoms with E-state index in [1.54, 1.807) is 0 Å². The summed E-state index contributed by atoms with van der Waals surface area (Å²) >= 11 is 5.93. The Balaban J connectivity index is 2.33. The minimum absolute atomic E-state index is 0.193. The minimum atomic E-state index is -3.95. The largest absolute Gasteiger partial charge is 0.545 e. The maximum absolute atomic E-state index is 12.2. The van der Waals surface area contributed by atoms with E-state index in [0.717, 1.165) is 6.07 Å². The van der Waals surface area contributed by atoms with Crippen molar-refractivity contribution >= 4 is 33.3 Å². The Kier molecular flexibility index (Phi) is 4.58. The highest BCUT2D eigenvalue weighted by molar-refractivity contribution is 7.92. The number of rotatable bonds is 5. The number of benzene rings is 2. The Morgan fingerprint density at radius 2 is 1.95 bits per heavy atom. The summed E-state index contributed by atoms with van der Waals surface area (Å²) in [6.45, 7) is 0. The molecule has 0 heterocycles. The Hall–Kier alpha value is -2.25. The van der Waals surface area contributed by atoms with Gasteiger partial charge in [0.1, 0.15) is 5.75 Å². The van der Waals surface area contributed by atoms with E-state index < -0.39 is 16.0 Å². The predicted octanol–water partition coefficient (Wildman–Crippen LogP) is 1.51. The van der Waals surface area contributed by atoms with E-state index in [-0.39, 0.29) is 21.2 Å². The number of nitrogens with one attached hydrogen (secondary N) is 1. The van der Waals surface area contributed by atoms with Crippen molar-refractivity contribution in [3.63, 3.8) is 0 Å². The summed E-state index contributed by atoms with van der Waals surface area (Å²) in [6.07, 6.45) is 0. The summed E-state index contributed by atoms with van der Waals surface area (Å²) < 4.78 is 31.8. The summed E-state index contributed by atoms with van der Waals surface area (Å²) in [7, 11) is -2.51. The van der Waals surface area contributed by atoms with E-state index in [2.05, 4.69) is 4.72 Å². The van der Waals surface area contributed by atoms with Gasteiger partial charge in [-0.1, -0.05) is 23.7 Å². The maximum atomic E-state index is 12.2. The van der Waals surface area contributed by atoms with Gasteiger partial charge in [-0.05, 0) is 35.9 Å². The zero-order valence-electron chi connectivity index (χ0n) is 11.4. The second-order valence-electron chi connectivity index (χ2n) is 4.27. The van der Waals surface area contributed by atoms with Crippen LogP contribution in [0.2, 0.25) is 5.02 Å². The Bertz CT molecular complexity index is 820. The molecule has 0 spiro atoms. The molecule has 0 aliphatic heterocycles. The lowest BCUT2D eigenvalue weighted by molar-refractivity contribution is -0.255. The molecule has 0 bridgehead atoms. The van der Waals surface area contributed by atoms with E-state index in [1.807, 2.05) is 0 Å². The zero-order valence-corrected chi connectivity index (χ0v) is 12.9. The number of ether oxygens (including phenoxy) is 1. The normalized spacial score (nSPS) is 11.0. The first-order chi connectivity index (χ1) is 10.3. The van der Waals surface area contributed by atoms with Gasteiger partial charge in [-0.25, -0.2) is 8.42 Å². The average Bonchev–Trinajstić information content (AvgIpc) is 2.47. The SMILES string of the molecule is COc1ccc(NS(=O)(=O)c2cccc(C(=O)[O-])c2)cc1Cl. The highest BCUT2D eigenvalue weighted by atomic mass is 35.5. The number of aromatic carboxylic acids is 1. The van der Waals surface area contributed by atoms with Gasteiger partial charge in [0.05, 0.1) is 28.7 Å². The summed E-state index contributed by atoms with van der Waals surface area (Å²) in [6, 6.07) is 9.24. The molecular formula is C14H11ClNO5S-. The lowest BCUT2D eigenvalue weighted by Gasteiger charge is -2.11. The van der Waals surface area contributed by atoms with E-state index in [9.17, 15) is 18.3 Å². The van der Waals surface area contributed by atoms with Crippen LogP contribution in [0.25, 0.3) is 0 Å². The van der Waals surface area contributed by atoms with Crippen LogP contribution < -0.4 is 14.6 Å². The lowest BCUT2D eigenvalue weighted by atomic mass is 10.2. The summed E-state index contributed by atoms with van der Waals surface area (Å²) in [5.74, 6) is -1.05. The second-order valence-corrected chi connectivity index (χ2v) is 6.36. The molecule has 6 nitrogen and oxygen atoms in total. The van der Waals surface area contributed by atoms with E-state index in [4.69, 9.17) is 16.3 Å². The molecule has 8 heteroatoms. The first-order valence-electron chi connectivity index (χ1n) is 6.01. The van der Waals surface area contributed by atoms with Crippen molar-refractivity contribution in [2.24, 2.45) is 0 Å². The third-order valence-corrected chi connectivity index (χ3v) is 4.46. The van der Waals surface area contributed by atoms with Crippen LogP contribution in [0.3, 0.4) is 0 Å². The third-order valence-electron chi connectivity index (χ3n) is 2.78. The molecule has 0 aliphatic carbocycles. The van der Waals surface area contributed by atoms with Crippen LogP contribution >= 0.6 is 11.6 Å². The molecule has 22 heavy (non-hydrogen) atoms. The van der Waals surface area contributed by atoms with Crippen molar-refractivity contribution in [3.8, 4) is 5.75 Å². The first-order valence-corrected chi connectivity index (χ1v) is 7.87. The predicted molar refractivity (Wildman–Crippen MR) is 79.6 cm³/mol. The van der Waals surface area contributed by atoms with Gasteiger partial charge in [0.25, 0.3) is 10.0 Å². The molecule has 1 N–H and O–H groups in total. The molecule has 0 saturated carbocycles. The van der Waals surface area contributed by atoms with E-state index in [1.165, 1.54) is 43.5 Å². The molecular weight excluding hydrogens is 330 g/mol. The van der Waals surface area contributed by atoms with Crippen LogP contribution in [-0.4, -0.2) is 21.5 Å². The molecule has 0 radical (unpaired) electrons. The second kappa shape index (κ2) is 6.25. The fraction of sp³-hybridized carbons (Fsp3) is 0.0714. The molecule has 0 atom stereocenters. The Morgan fingerprint density at radius 3 is 2.55 bits per heavy atom. The lowest BCUT2D eigenvalue weighted by Crippen LogP contribution is -2.23. The minimum Gasteiger partial charge on any atom is -0.545 e. The maximum Gasteiger partial charge on any atom is 0.261 e. The smallest absolute Gasteiger partial charge is 0.261 e. The topological polar surface area (TPSA) is 95.5 Å². The molecule has 0 unspecified atom stereocenters. The highest BCUT2D eigenvalue weighted by Gasteiger charge is 2.15. The van der Waals surface area contributed by atoms with Crippen LogP contribution in [0, 0.1) is 0 Å². The van der Waals surface area contributed by atoms with Crippen LogP contribution in [0.15, 0.2) is 47.4 Å². The standard InChI is InChI=1S/C14H12ClNO5S/c1-21-13-6-5-10(8-12(13)15)16-22(19,20)11-4-2-3-9(7-11)14(17)18/h2-8,16H,1H3,(H,17,18)/p-1. The number of sulfonamides is 1. The summed E-state index contributed by atoms with van der Waals surface area (Å²) in [5.41, 5.74) is 0.000270. The van der Waals surface area contributed by atoms with E-state index >= 15 is 0 Å². The monoisotopic (exact) mass is 340 g/mol. The molecule has 2 aromatic carbocycles. The average molecular weight is 341 g/mol. The van der Waals surface area contributed by atoms with Crippen molar-refractivity contribution in [2.45, 2.75) is 4.90 Å². The number of carbonyl (C=O) groups is 1. The van der Waals surface area contributed by atoms with Crippen LogP contribution in [-0.2, 0) is 10.0 Å². The molecule has 0 aromatic heterocycles. The van der Waals surface area contributed by atoms with Crippen molar-refractivity contribution in [1.82, 2.24) is 0 Å². The highest BCUT2D eigenvalue weighted by Crippen LogP contribution is 2.28. The molecule has 0 fully saturated rings. The van der Waals surface area contributed by atoms with Gasteiger partial charge < -0.3 is 14.6 Å². The van der Waals surface area contributed by atoms with Gasteiger partial charge in [-0.3, -0.25) is 4.72 Å². The van der Waals surface area contributed by atoms with Crippen LogP contribution in [0.1, 0.15) is 10.4 Å². The third kappa shape index (κ3) is 3.49. The van der Waals surface area contributed by atoms with Gasteiger partial charge in [-0.2, -0.15) is 0 Å². The summed E-state index contributed by atoms with van der Waals surface area (Å²) in [5, 5.41) is 11.0. The number of carbonyl (C=O) groups excluding carboxylic acids is 1. The van der Waals surface area contributed by atoms with Crippen LogP contribution in [0.5, 0.6) is 5.75 Å². The van der Waals surface area contributed by atoms with Gasteiger partial charge in [0.2, 0.25) is 0 Å². The van der Waals surface area contributed by atoms with Gasteiger partial charge in [0, 0.05) is 0 Å². The fourth-order valence-corrected chi connectivity index (χ4v) is 3.09. The van der Waals surface area contributed by atoms with Crippen molar-refractivity contribution in [2.75, 3.05) is 11.8 Å². The molecule has 0 aliphatic rings. The van der Waals surface area contributed by atoms with Gasteiger partial charge in [-0.15, -0.1) is 0 Å². The Morgan fingerprint density at radius 1 is 1.23 bits per heavy atom. The molecule has 2 rings (SSSR count). The number of carboxylic acids is 1. The van der Waals surface area contributed by atoms with Crippen molar-refractivity contribution in [1.29, 1.82) is 0 Å². The van der Waals surface area contributed by atoms with E-state index in [0.29, 0.717) is 5.75 Å². The number of carboxylic acid groups (broad SMARTS) is 1. The first kappa shape index (κ1) is 16.1. The number of methoxy groups -OCH3 is 1. The fourth-order valence-electron chi connectivity index (χ4n) is 1.73. The quantitative estimate of drug-likeness (QED) is 0.890. The van der Waals surface area contributed by atoms with Gasteiger partial charge in [0.15, 0.2) is 0 Å². The van der Waals surface area contributed by atoms with Gasteiger partial charge >= 0.3 is 0 Å². The summed E-state index contributed by atoms with van der Waals surface area (Å²) in [4.78, 5) is 10.6.